The molecule has 6 aromatic heterocycles. The van der Waals surface area contributed by atoms with E-state index in [9.17, 15) is 39.1 Å². The van der Waals surface area contributed by atoms with Crippen molar-refractivity contribution in [1.82, 2.24) is 60.0 Å². The van der Waals surface area contributed by atoms with E-state index in [0.29, 0.717) is 111 Å². The Labute approximate surface area is 637 Å². The van der Waals surface area contributed by atoms with E-state index >= 15 is 0 Å². The number of pyridine rings is 3. The first-order chi connectivity index (χ1) is 53.2. The standard InChI is InChI=1S/C29H30N6O2.C28H31N7O3.C27H24N6O2/c1-19-5-6-22(16-24(19)35-27-32-15-7-23(34-27)21-4-3-14-31-18-21)33-26(37)29-11-8-28(9-12-29,10-13-29)25(36)20(2)17-30;1-4-25(36)34(3)18-26(37)35-14-6-8-21(17-35)27(38)31-22-10-9-19(2)24(15-22)33-28-30-13-11-23(32-28)20-7-5-12-29-16-20;1-3-25(34)30-16-19-6-4-7-20(14-19)26(35)31-22-10-9-18(2)24(15-22)33-27-29-13-11-23(32-27)21-8-5-12-28-17-21/h3-7,14-16,18,25,36H,2,8-13H2,1H3,(H,33,37)(H,32,34,35);4-5,7,9-13,15-16,21H,1,6,8,14,17-18H2,2-3H3,(H,31,38)(H,30,32,33);3-15,17H,1,16H2,2H3,(H,30,34)(H,31,35)(H,29,32,33). The van der Waals surface area contributed by atoms with Gasteiger partial charge in [-0.2, -0.15) is 5.26 Å². The molecule has 0 spiro atoms. The molecule has 6 amide bonds. The Morgan fingerprint density at radius 2 is 1.09 bits per heavy atom. The lowest BCUT2D eigenvalue weighted by atomic mass is 9.51. The summed E-state index contributed by atoms with van der Waals surface area (Å²) in [4.78, 5) is 117. The Kier molecular flexibility index (Phi) is 25.5. The summed E-state index contributed by atoms with van der Waals surface area (Å²) in [5.74, 6) is -0.183. The molecular formula is C84H85N19O7. The van der Waals surface area contributed by atoms with Crippen molar-refractivity contribution in [3.05, 3.63) is 255 Å². The van der Waals surface area contributed by atoms with Gasteiger partial charge < -0.3 is 52.1 Å². The van der Waals surface area contributed by atoms with Crippen LogP contribution in [-0.4, -0.2) is 128 Å². The number of nitrogens with zero attached hydrogens (tertiary/aromatic N) is 12. The quantitative estimate of drug-likeness (QED) is 0.0218. The number of hydrogen-bond acceptors (Lipinski definition) is 20. The van der Waals surface area contributed by atoms with E-state index in [1.165, 1.54) is 17.1 Å². The van der Waals surface area contributed by atoms with Crippen molar-refractivity contribution in [1.29, 1.82) is 5.26 Å². The van der Waals surface area contributed by atoms with Crippen LogP contribution in [0.3, 0.4) is 0 Å². The Bertz CT molecular complexity index is 5050. The van der Waals surface area contributed by atoms with Gasteiger partial charge in [-0.1, -0.05) is 50.1 Å². The number of aliphatic hydroxyl groups is 1. The van der Waals surface area contributed by atoms with Crippen molar-refractivity contribution < 1.29 is 33.9 Å². The highest BCUT2D eigenvalue weighted by Gasteiger charge is 2.55. The molecule has 2 atom stereocenters. The first kappa shape index (κ1) is 77.6. The number of rotatable bonds is 23. The molecule has 4 aromatic carbocycles. The van der Waals surface area contributed by atoms with E-state index in [4.69, 9.17) is 0 Å². The minimum atomic E-state index is -0.830. The smallest absolute Gasteiger partial charge is 0.255 e. The number of hydrogen-bond donors (Lipinski definition) is 8. The van der Waals surface area contributed by atoms with Gasteiger partial charge in [0, 0.05) is 150 Å². The highest BCUT2D eigenvalue weighted by atomic mass is 16.3. The van der Waals surface area contributed by atoms with Crippen molar-refractivity contribution in [2.24, 2.45) is 16.7 Å². The van der Waals surface area contributed by atoms with Gasteiger partial charge in [0.2, 0.25) is 47.4 Å². The lowest BCUT2D eigenvalue weighted by Gasteiger charge is -2.54. The number of nitriles is 1. The van der Waals surface area contributed by atoms with Gasteiger partial charge >= 0.3 is 0 Å². The zero-order chi connectivity index (χ0) is 77.7. The van der Waals surface area contributed by atoms with Crippen LogP contribution in [0.1, 0.15) is 84.0 Å². The molecule has 1 aliphatic heterocycles. The molecule has 3 saturated carbocycles. The molecule has 4 fully saturated rings. The number of amides is 6. The Morgan fingerprint density at radius 3 is 1.55 bits per heavy atom. The summed E-state index contributed by atoms with van der Waals surface area (Å²) in [5, 5.41) is 41.4. The number of aliphatic hydroxyl groups excluding tert-OH is 1. The largest absolute Gasteiger partial charge is 0.387 e. The van der Waals surface area contributed by atoms with Gasteiger partial charge in [-0.15, -0.1) is 0 Å². The first-order valence-electron chi connectivity index (χ1n) is 35.9. The van der Waals surface area contributed by atoms with E-state index in [1.807, 2.05) is 142 Å². The summed E-state index contributed by atoms with van der Waals surface area (Å²) in [5.41, 5.74) is 12.9. The van der Waals surface area contributed by atoms with Crippen LogP contribution >= 0.6 is 0 Å². The summed E-state index contributed by atoms with van der Waals surface area (Å²) < 4.78 is 0. The molecule has 2 unspecified atom stereocenters. The highest BCUT2D eigenvalue weighted by molar-refractivity contribution is 6.05. The fourth-order valence-corrected chi connectivity index (χ4v) is 13.3. The zero-order valence-corrected chi connectivity index (χ0v) is 61.6. The highest BCUT2D eigenvalue weighted by Crippen LogP contribution is 2.59. The number of fused-ring (bicyclic) bond motifs is 3. The van der Waals surface area contributed by atoms with Gasteiger partial charge in [-0.25, -0.2) is 29.9 Å². The van der Waals surface area contributed by atoms with Crippen LogP contribution in [0.4, 0.5) is 52.0 Å². The number of anilines is 9. The van der Waals surface area contributed by atoms with Crippen LogP contribution in [0.2, 0.25) is 0 Å². The number of aromatic nitrogens is 9. The van der Waals surface area contributed by atoms with E-state index < -0.39 is 11.5 Å². The predicted molar refractivity (Wildman–Crippen MR) is 423 cm³/mol. The van der Waals surface area contributed by atoms with Crippen molar-refractivity contribution in [2.45, 2.75) is 84.8 Å². The maximum absolute atomic E-state index is 13.5. The fraction of sp³-hybridized carbons (Fsp3) is 0.238. The minimum Gasteiger partial charge on any atom is -0.387 e. The monoisotopic (exact) mass is 1470 g/mol. The average molecular weight is 1470 g/mol. The molecule has 26 nitrogen and oxygen atoms in total. The molecule has 4 aliphatic rings. The number of likely N-dealkylation sites (tertiary alicyclic amines) is 1. The number of carbonyl (C=O) groups excluding carboxylic acids is 6. The van der Waals surface area contributed by atoms with Crippen LogP contribution in [0.15, 0.2) is 227 Å². The number of benzene rings is 4. The molecule has 2 bridgehead atoms. The number of aryl methyl sites for hydroxylation is 3. The molecule has 1 saturated heterocycles. The molecule has 3 aliphatic carbocycles. The average Bonchev–Trinajstić information content (AvgIpc) is 0.740. The van der Waals surface area contributed by atoms with Gasteiger partial charge in [0.1, 0.15) is 0 Å². The number of likely N-dealkylation sites (N-methyl/N-ethyl adjacent to an activating group) is 1. The molecule has 558 valence electrons. The van der Waals surface area contributed by atoms with Crippen molar-refractivity contribution >= 4 is 87.4 Å². The van der Waals surface area contributed by atoms with Gasteiger partial charge in [0.15, 0.2) is 0 Å². The lowest BCUT2D eigenvalue weighted by Crippen LogP contribution is -2.52. The van der Waals surface area contributed by atoms with Crippen LogP contribution in [0, 0.1) is 48.9 Å². The van der Waals surface area contributed by atoms with Crippen LogP contribution in [0.5, 0.6) is 0 Å². The predicted octanol–water partition coefficient (Wildman–Crippen LogP) is 13.4. The third-order valence-electron chi connectivity index (χ3n) is 19.8. The molecular weight excluding hydrogens is 1390 g/mol. The number of piperidine rings is 1. The number of carbonyl (C=O) groups is 6. The second kappa shape index (κ2) is 36.2. The lowest BCUT2D eigenvalue weighted by molar-refractivity contribution is -0.140. The van der Waals surface area contributed by atoms with Gasteiger partial charge in [0.05, 0.1) is 47.3 Å². The molecule has 7 heterocycles. The molecule has 8 N–H and O–H groups in total. The van der Waals surface area contributed by atoms with Gasteiger partial charge in [0.25, 0.3) is 5.91 Å². The molecule has 10 aromatic rings. The third kappa shape index (κ3) is 19.9. The topological polar surface area (TPSA) is 353 Å². The van der Waals surface area contributed by atoms with Crippen LogP contribution in [0.25, 0.3) is 33.8 Å². The van der Waals surface area contributed by atoms with Crippen molar-refractivity contribution in [2.75, 3.05) is 58.6 Å². The van der Waals surface area contributed by atoms with Crippen LogP contribution in [-0.2, 0) is 30.5 Å². The van der Waals surface area contributed by atoms with E-state index in [0.717, 1.165) is 73.1 Å². The van der Waals surface area contributed by atoms with Crippen molar-refractivity contribution in [3.63, 3.8) is 0 Å². The van der Waals surface area contributed by atoms with E-state index in [1.54, 1.807) is 85.9 Å². The molecule has 0 radical (unpaired) electrons. The SMILES string of the molecule is C=C(C#N)C(O)C12CCC(C(=O)Nc3ccc(C)c(Nc4nccc(-c5cccnc5)n4)c3)(CC1)CC2.C=CC(=O)N(C)CC(=O)N1CCCC(C(=O)Nc2ccc(C)c(Nc3nccc(-c4cccnc4)n3)c2)C1.C=CC(=O)NCc1cccc(C(=O)Nc2ccc(C)c(Nc3nccc(-c4cccnc4)n3)c2)c1. The van der Waals surface area contributed by atoms with E-state index in [-0.39, 0.29) is 58.9 Å². The second-order valence-corrected chi connectivity index (χ2v) is 27.3. The van der Waals surface area contributed by atoms with Gasteiger partial charge in [-0.3, -0.25) is 43.7 Å². The Hall–Kier alpha value is -13.5. The maximum Gasteiger partial charge on any atom is 0.255 e. The van der Waals surface area contributed by atoms with Crippen molar-refractivity contribution in [3.8, 4) is 39.8 Å². The summed E-state index contributed by atoms with van der Waals surface area (Å²) in [6.45, 7) is 17.6. The summed E-state index contributed by atoms with van der Waals surface area (Å²) >= 11 is 0. The molecule has 26 heteroatoms. The van der Waals surface area contributed by atoms with Crippen LogP contribution < -0.4 is 37.2 Å². The van der Waals surface area contributed by atoms with Gasteiger partial charge in [-0.05, 0) is 210 Å². The first-order valence-corrected chi connectivity index (χ1v) is 35.9. The third-order valence-corrected chi connectivity index (χ3v) is 19.8. The minimum absolute atomic E-state index is 0.0130. The summed E-state index contributed by atoms with van der Waals surface area (Å²) in [7, 11) is 1.55. The molecule has 110 heavy (non-hydrogen) atoms. The maximum atomic E-state index is 13.5. The zero-order valence-electron chi connectivity index (χ0n) is 61.6. The number of nitrogens with one attached hydrogen (secondary N) is 7. The fourth-order valence-electron chi connectivity index (χ4n) is 13.3. The Morgan fingerprint density at radius 1 is 0.609 bits per heavy atom. The molecule has 14 rings (SSSR count). The normalized spacial score (nSPS) is 16.2. The summed E-state index contributed by atoms with van der Waals surface area (Å²) in [6, 6.07) is 42.9. The Balaban J connectivity index is 0.000000164. The van der Waals surface area contributed by atoms with E-state index in [2.05, 4.69) is 102 Å². The summed E-state index contributed by atoms with van der Waals surface area (Å²) in [6.07, 6.45) is 22.6. The second-order valence-electron chi connectivity index (χ2n) is 27.3.